The van der Waals surface area contributed by atoms with Gasteiger partial charge in [0.15, 0.2) is 36.7 Å². The van der Waals surface area contributed by atoms with Gasteiger partial charge in [-0.05, 0) is 97.7 Å². The van der Waals surface area contributed by atoms with E-state index in [1.165, 1.54) is 20.8 Å². The highest BCUT2D eigenvalue weighted by molar-refractivity contribution is 5.68. The summed E-state index contributed by atoms with van der Waals surface area (Å²) in [6.45, 7) is 11.7. The third kappa shape index (κ3) is 8.88. The molecule has 3 saturated heterocycles. The van der Waals surface area contributed by atoms with Gasteiger partial charge in [0.1, 0.15) is 24.4 Å². The van der Waals surface area contributed by atoms with Crippen LogP contribution in [0.3, 0.4) is 0 Å². The van der Waals surface area contributed by atoms with Gasteiger partial charge in [0.05, 0.1) is 38.1 Å². The average Bonchev–Trinajstić information content (AvgIpc) is 3.62. The molecule has 0 unspecified atom stereocenters. The van der Waals surface area contributed by atoms with Gasteiger partial charge in [0.25, 0.3) is 0 Å². The maximum absolute atomic E-state index is 12.6. The van der Waals surface area contributed by atoms with Gasteiger partial charge in [-0.25, -0.2) is 0 Å². The molecular weight excluding hydrogens is 800 g/mol. The summed E-state index contributed by atoms with van der Waals surface area (Å²) in [5, 5.41) is 63.4. The summed E-state index contributed by atoms with van der Waals surface area (Å²) in [4.78, 5) is 37.1. The first-order valence-electron chi connectivity index (χ1n) is 22.5. The Hall–Kier alpha value is -2.03. The van der Waals surface area contributed by atoms with Crippen LogP contribution in [0.5, 0.6) is 0 Å². The summed E-state index contributed by atoms with van der Waals surface area (Å²) in [7, 11) is 0. The molecule has 6 N–H and O–H groups in total. The molecule has 17 heteroatoms. The smallest absolute Gasteiger partial charge is 0.303 e. The lowest BCUT2D eigenvalue weighted by molar-refractivity contribution is -0.314. The van der Waals surface area contributed by atoms with Crippen molar-refractivity contribution < 1.29 is 82.9 Å². The highest BCUT2D eigenvalue weighted by atomic mass is 16.7. The van der Waals surface area contributed by atoms with E-state index in [2.05, 4.69) is 20.8 Å². The predicted octanol–water partition coefficient (Wildman–Crippen LogP) is 1.72. The van der Waals surface area contributed by atoms with E-state index < -0.39 is 91.7 Å². The summed E-state index contributed by atoms with van der Waals surface area (Å²) in [5.41, 5.74) is -0.523. The maximum atomic E-state index is 12.6. The molecule has 22 atom stereocenters. The van der Waals surface area contributed by atoms with Crippen molar-refractivity contribution in [2.24, 2.45) is 52.3 Å². The SMILES string of the molecule is CC(=O)O[C@@H]1[C@@H](OC(C)=O)[C@H](O[C@@H]2C[C@]3(C)[C@@H]4[C@H](C[C@H]3[C@@H]3CC[C@@H]5C[C@@H](O)CC[C@]5(C)[C@H]32)O[C@@](O)(CC[C@@H](C)CO[C@@H]2O[C@H](CO)[C@@H](O)[C@H](O)[C@H]2O)[C@H]4C)OC[C@@H]1OC(C)=O. The summed E-state index contributed by atoms with van der Waals surface area (Å²) in [6.07, 6.45) is -6.11. The molecule has 3 aliphatic heterocycles. The number of esters is 3. The highest BCUT2D eigenvalue weighted by Crippen LogP contribution is 2.71. The Morgan fingerprint density at radius 1 is 0.820 bits per heavy atom. The normalized spacial score (nSPS) is 49.7. The lowest BCUT2D eigenvalue weighted by Crippen LogP contribution is -2.63. The van der Waals surface area contributed by atoms with Crippen molar-refractivity contribution in [3.63, 3.8) is 0 Å². The predicted molar refractivity (Wildman–Crippen MR) is 210 cm³/mol. The van der Waals surface area contributed by atoms with Crippen LogP contribution >= 0.6 is 0 Å². The third-order valence-corrected chi connectivity index (χ3v) is 16.2. The third-order valence-electron chi connectivity index (χ3n) is 16.2. The molecule has 17 nitrogen and oxygen atoms in total. The monoisotopic (exact) mass is 870 g/mol. The minimum atomic E-state index is -1.54. The van der Waals surface area contributed by atoms with E-state index in [1.54, 1.807) is 0 Å². The second-order valence-electron chi connectivity index (χ2n) is 20.1. The standard InChI is InChI=1S/C44H70O17/c1-20(18-54-40-37(52)36(51)35(50)31(17-45)60-40)10-13-44(53)21(2)33-29(61-44)15-28-27-9-8-25-14-26(49)11-12-42(25,6)34(27)30(16-43(28,33)7)59-41-39(58-24(5)48)38(57-23(4)47)32(19-55-41)56-22(3)46/h20-21,25-41,45,49-53H,8-19H2,1-7H3/t20-,21+,25-,26+,27+,28+,29+,30-,31-,32+,33+,34-,35-,36+,37-,38+,39-,40-,41+,42+,43+,44+/m1/s1. The van der Waals surface area contributed by atoms with E-state index in [4.69, 9.17) is 37.9 Å². The Labute approximate surface area is 358 Å². The molecule has 61 heavy (non-hydrogen) atoms. The van der Waals surface area contributed by atoms with Crippen LogP contribution in [0.25, 0.3) is 0 Å². The van der Waals surface area contributed by atoms with Crippen LogP contribution < -0.4 is 0 Å². The minimum absolute atomic E-state index is 0.0346. The summed E-state index contributed by atoms with van der Waals surface area (Å²) >= 11 is 0. The van der Waals surface area contributed by atoms with Crippen LogP contribution in [0.1, 0.15) is 106 Å². The first kappa shape index (κ1) is 46.9. The van der Waals surface area contributed by atoms with Gasteiger partial charge in [-0.3, -0.25) is 14.4 Å². The van der Waals surface area contributed by atoms with E-state index in [1.807, 2.05) is 6.92 Å². The number of rotatable bonds is 12. The maximum Gasteiger partial charge on any atom is 0.303 e. The quantitative estimate of drug-likeness (QED) is 0.121. The molecule has 7 aliphatic rings. The van der Waals surface area contributed by atoms with Crippen molar-refractivity contribution >= 4 is 17.9 Å². The zero-order valence-electron chi connectivity index (χ0n) is 36.6. The summed E-state index contributed by atoms with van der Waals surface area (Å²) in [6, 6.07) is 0. The Morgan fingerprint density at radius 3 is 2.18 bits per heavy atom. The second kappa shape index (κ2) is 18.1. The van der Waals surface area contributed by atoms with Crippen LogP contribution in [0.2, 0.25) is 0 Å². The summed E-state index contributed by atoms with van der Waals surface area (Å²) < 4.78 is 48.4. The van der Waals surface area contributed by atoms with Gasteiger partial charge in [-0.2, -0.15) is 0 Å². The number of ether oxygens (including phenoxy) is 8. The van der Waals surface area contributed by atoms with Gasteiger partial charge in [-0.1, -0.05) is 27.7 Å². The number of carbonyl (C=O) groups is 3. The summed E-state index contributed by atoms with van der Waals surface area (Å²) in [5.74, 6) is -2.95. The molecule has 0 aromatic heterocycles. The molecule has 4 aliphatic carbocycles. The zero-order chi connectivity index (χ0) is 44.3. The molecule has 3 heterocycles. The van der Waals surface area contributed by atoms with E-state index in [9.17, 15) is 45.0 Å². The van der Waals surface area contributed by atoms with Gasteiger partial charge in [0.2, 0.25) is 0 Å². The van der Waals surface area contributed by atoms with E-state index >= 15 is 0 Å². The fourth-order valence-corrected chi connectivity index (χ4v) is 13.4. The largest absolute Gasteiger partial charge is 0.456 e. The van der Waals surface area contributed by atoms with Crippen LogP contribution in [0, 0.1) is 52.3 Å². The van der Waals surface area contributed by atoms with E-state index in [0.717, 1.165) is 25.7 Å². The lowest BCUT2D eigenvalue weighted by atomic mass is 9.43. The number of carbonyl (C=O) groups excluding carboxylic acids is 3. The molecule has 0 amide bonds. The fraction of sp³-hybridized carbons (Fsp3) is 0.932. The first-order valence-corrected chi connectivity index (χ1v) is 22.5. The molecular formula is C44H70O17. The Bertz CT molecular complexity index is 1580. The van der Waals surface area contributed by atoms with Crippen molar-refractivity contribution in [1.29, 1.82) is 0 Å². The van der Waals surface area contributed by atoms with Crippen molar-refractivity contribution in [1.82, 2.24) is 0 Å². The highest BCUT2D eigenvalue weighted by Gasteiger charge is 2.70. The fourth-order valence-electron chi connectivity index (χ4n) is 13.4. The zero-order valence-corrected chi connectivity index (χ0v) is 36.6. The Balaban J connectivity index is 1.11. The molecule has 0 bridgehead atoms. The van der Waals surface area contributed by atoms with Crippen LogP contribution in [-0.4, -0.2) is 148 Å². The molecule has 0 spiro atoms. The van der Waals surface area contributed by atoms with Crippen LogP contribution in [0.15, 0.2) is 0 Å². The number of aliphatic hydroxyl groups excluding tert-OH is 5. The molecule has 0 aromatic carbocycles. The average molecular weight is 871 g/mol. The van der Waals surface area contributed by atoms with Crippen LogP contribution in [-0.2, 0) is 52.3 Å². The number of hydrogen-bond donors (Lipinski definition) is 6. The number of aliphatic hydroxyl groups is 6. The molecule has 348 valence electrons. The molecule has 0 aromatic rings. The topological polar surface area (TPSA) is 246 Å². The van der Waals surface area contributed by atoms with Crippen molar-refractivity contribution in [2.45, 2.75) is 186 Å². The minimum Gasteiger partial charge on any atom is -0.456 e. The Morgan fingerprint density at radius 2 is 1.51 bits per heavy atom. The van der Waals surface area contributed by atoms with Crippen LogP contribution in [0.4, 0.5) is 0 Å². The number of fused-ring (bicyclic) bond motifs is 7. The van der Waals surface area contributed by atoms with Gasteiger partial charge < -0.3 is 68.5 Å². The van der Waals surface area contributed by atoms with Crippen molar-refractivity contribution in [3.8, 4) is 0 Å². The van der Waals surface area contributed by atoms with E-state index in [-0.39, 0.29) is 77.7 Å². The second-order valence-corrected chi connectivity index (χ2v) is 20.1. The van der Waals surface area contributed by atoms with Crippen molar-refractivity contribution in [2.75, 3.05) is 19.8 Å². The van der Waals surface area contributed by atoms with Gasteiger partial charge in [-0.15, -0.1) is 0 Å². The molecule has 7 fully saturated rings. The van der Waals surface area contributed by atoms with Crippen molar-refractivity contribution in [3.05, 3.63) is 0 Å². The Kier molecular flexibility index (Phi) is 13.9. The molecule has 4 saturated carbocycles. The van der Waals surface area contributed by atoms with Gasteiger partial charge >= 0.3 is 17.9 Å². The van der Waals surface area contributed by atoms with Gasteiger partial charge in [0, 0.05) is 33.1 Å². The lowest BCUT2D eigenvalue weighted by Gasteiger charge is -2.63. The molecule has 0 radical (unpaired) electrons. The molecule has 7 rings (SSSR count). The first-order chi connectivity index (χ1) is 28.7. The van der Waals surface area contributed by atoms with E-state index in [0.29, 0.717) is 32.1 Å². The number of hydrogen-bond acceptors (Lipinski definition) is 17.